The van der Waals surface area contributed by atoms with E-state index < -0.39 is 0 Å². The van der Waals surface area contributed by atoms with Crippen molar-refractivity contribution in [2.45, 2.75) is 32.3 Å². The molecule has 130 valence electrons. The second-order valence-electron chi connectivity index (χ2n) is 6.69. The lowest BCUT2D eigenvalue weighted by Crippen LogP contribution is -2.13. The van der Waals surface area contributed by atoms with E-state index in [0.717, 1.165) is 29.4 Å². The van der Waals surface area contributed by atoms with Crippen molar-refractivity contribution in [2.24, 2.45) is 0 Å². The SMILES string of the molecule is CN(C)c1ccc2nc3c(c(NOCc4cccs4)c2c1)CCCC3. The highest BCUT2D eigenvalue weighted by Gasteiger charge is 2.19. The maximum Gasteiger partial charge on any atom is 0.109 e. The molecule has 0 saturated heterocycles. The quantitative estimate of drug-likeness (QED) is 0.670. The Morgan fingerprint density at radius 3 is 2.88 bits per heavy atom. The van der Waals surface area contributed by atoms with Gasteiger partial charge in [-0.1, -0.05) is 6.07 Å². The minimum atomic E-state index is 0.573. The summed E-state index contributed by atoms with van der Waals surface area (Å²) in [4.78, 5) is 14.1. The molecule has 0 radical (unpaired) electrons. The highest BCUT2D eigenvalue weighted by molar-refractivity contribution is 7.09. The third-order valence-electron chi connectivity index (χ3n) is 4.73. The molecule has 1 aliphatic carbocycles. The maximum atomic E-state index is 5.86. The van der Waals surface area contributed by atoms with Gasteiger partial charge in [-0.05, 0) is 60.9 Å². The number of fused-ring (bicyclic) bond motifs is 2. The summed E-state index contributed by atoms with van der Waals surface area (Å²) in [7, 11) is 4.13. The number of nitrogens with one attached hydrogen (secondary N) is 1. The Balaban J connectivity index is 1.73. The lowest BCUT2D eigenvalue weighted by atomic mass is 9.93. The van der Waals surface area contributed by atoms with Crippen molar-refractivity contribution in [3.05, 3.63) is 51.8 Å². The number of nitrogens with zero attached hydrogens (tertiary/aromatic N) is 2. The predicted octanol–water partition coefficient (Wildman–Crippen LogP) is 4.78. The molecule has 0 fully saturated rings. The molecule has 2 aromatic heterocycles. The van der Waals surface area contributed by atoms with Crippen molar-refractivity contribution in [3.63, 3.8) is 0 Å². The molecule has 4 nitrogen and oxygen atoms in total. The third-order valence-corrected chi connectivity index (χ3v) is 5.58. The Labute approximate surface area is 152 Å². The Kier molecular flexibility index (Phi) is 4.59. The molecule has 2 heterocycles. The topological polar surface area (TPSA) is 37.4 Å². The van der Waals surface area contributed by atoms with Crippen LogP contribution >= 0.6 is 11.3 Å². The Morgan fingerprint density at radius 2 is 2.08 bits per heavy atom. The minimum Gasteiger partial charge on any atom is -0.378 e. The zero-order valence-electron chi connectivity index (χ0n) is 14.7. The first-order chi connectivity index (χ1) is 12.2. The zero-order chi connectivity index (χ0) is 17.2. The summed E-state index contributed by atoms with van der Waals surface area (Å²) in [5.74, 6) is 0. The first kappa shape index (κ1) is 16.4. The standard InChI is InChI=1S/C20H23N3OS/c1-23(2)14-9-10-19-17(12-14)20(16-7-3-4-8-18(16)21-19)22-24-13-15-6-5-11-25-15/h5-6,9-12H,3-4,7-8,13H2,1-2H3,(H,21,22). The van der Waals surface area contributed by atoms with E-state index in [4.69, 9.17) is 9.82 Å². The molecule has 1 N–H and O–H groups in total. The summed E-state index contributed by atoms with van der Waals surface area (Å²) in [6.07, 6.45) is 4.55. The van der Waals surface area contributed by atoms with E-state index in [1.165, 1.54) is 34.7 Å². The van der Waals surface area contributed by atoms with E-state index in [1.807, 2.05) is 0 Å². The number of thiophene rings is 1. The van der Waals surface area contributed by atoms with Gasteiger partial charge in [0.1, 0.15) is 6.61 Å². The number of hydrogen-bond donors (Lipinski definition) is 1. The van der Waals surface area contributed by atoms with Crippen LogP contribution in [0.5, 0.6) is 0 Å². The normalized spacial score (nSPS) is 13.7. The van der Waals surface area contributed by atoms with Crippen LogP contribution in [0.1, 0.15) is 29.0 Å². The van der Waals surface area contributed by atoms with Crippen LogP contribution in [-0.2, 0) is 24.3 Å². The number of aryl methyl sites for hydroxylation is 1. The smallest absolute Gasteiger partial charge is 0.109 e. The van der Waals surface area contributed by atoms with Gasteiger partial charge in [-0.15, -0.1) is 11.3 Å². The van der Waals surface area contributed by atoms with Crippen LogP contribution in [-0.4, -0.2) is 19.1 Å². The van der Waals surface area contributed by atoms with E-state index in [-0.39, 0.29) is 0 Å². The number of hydrogen-bond acceptors (Lipinski definition) is 5. The molecule has 1 aliphatic rings. The lowest BCUT2D eigenvalue weighted by molar-refractivity contribution is 0.183. The van der Waals surface area contributed by atoms with Gasteiger partial charge in [0.15, 0.2) is 0 Å². The molecule has 0 aliphatic heterocycles. The largest absolute Gasteiger partial charge is 0.378 e. The van der Waals surface area contributed by atoms with Crippen LogP contribution in [0.2, 0.25) is 0 Å². The van der Waals surface area contributed by atoms with Gasteiger partial charge in [0.2, 0.25) is 0 Å². The van der Waals surface area contributed by atoms with Crippen LogP contribution in [0.4, 0.5) is 11.4 Å². The average Bonchev–Trinajstić information content (AvgIpc) is 3.14. The van der Waals surface area contributed by atoms with Gasteiger partial charge >= 0.3 is 0 Å². The van der Waals surface area contributed by atoms with E-state index >= 15 is 0 Å². The van der Waals surface area contributed by atoms with Crippen molar-refractivity contribution in [1.29, 1.82) is 0 Å². The maximum absolute atomic E-state index is 5.86. The van der Waals surface area contributed by atoms with E-state index in [2.05, 4.69) is 60.2 Å². The van der Waals surface area contributed by atoms with Gasteiger partial charge in [0, 0.05) is 35.7 Å². The first-order valence-electron chi connectivity index (χ1n) is 8.75. The molecule has 0 unspecified atom stereocenters. The van der Waals surface area contributed by atoms with Gasteiger partial charge in [-0.3, -0.25) is 15.3 Å². The van der Waals surface area contributed by atoms with Crippen molar-refractivity contribution in [1.82, 2.24) is 4.98 Å². The molecule has 0 atom stereocenters. The van der Waals surface area contributed by atoms with Crippen molar-refractivity contribution < 1.29 is 4.84 Å². The molecule has 0 saturated carbocycles. The molecule has 5 heteroatoms. The number of pyridine rings is 1. The molecule has 0 spiro atoms. The zero-order valence-corrected chi connectivity index (χ0v) is 15.5. The van der Waals surface area contributed by atoms with Crippen LogP contribution in [0.15, 0.2) is 35.7 Å². The number of aromatic nitrogens is 1. The van der Waals surface area contributed by atoms with E-state index in [0.29, 0.717) is 6.61 Å². The molecule has 3 aromatic rings. The third kappa shape index (κ3) is 3.34. The highest BCUT2D eigenvalue weighted by Crippen LogP contribution is 2.35. The first-order valence-corrected chi connectivity index (χ1v) is 9.63. The van der Waals surface area contributed by atoms with Crippen LogP contribution in [0.25, 0.3) is 10.9 Å². The molecular formula is C20H23N3OS. The molecule has 25 heavy (non-hydrogen) atoms. The van der Waals surface area contributed by atoms with Gasteiger partial charge in [-0.25, -0.2) is 0 Å². The van der Waals surface area contributed by atoms with Crippen LogP contribution < -0.4 is 10.4 Å². The monoisotopic (exact) mass is 353 g/mol. The Morgan fingerprint density at radius 1 is 1.20 bits per heavy atom. The van der Waals surface area contributed by atoms with Crippen LogP contribution in [0.3, 0.4) is 0 Å². The minimum absolute atomic E-state index is 0.573. The fraction of sp³-hybridized carbons (Fsp3) is 0.350. The summed E-state index contributed by atoms with van der Waals surface area (Å²) < 4.78 is 0. The highest BCUT2D eigenvalue weighted by atomic mass is 32.1. The van der Waals surface area contributed by atoms with Crippen molar-refractivity contribution in [3.8, 4) is 0 Å². The number of benzene rings is 1. The predicted molar refractivity (Wildman–Crippen MR) is 105 cm³/mol. The van der Waals surface area contributed by atoms with E-state index in [9.17, 15) is 0 Å². The Bertz CT molecular complexity index is 874. The van der Waals surface area contributed by atoms with Gasteiger partial charge in [0.05, 0.1) is 11.2 Å². The summed E-state index contributed by atoms with van der Waals surface area (Å²) >= 11 is 1.71. The summed E-state index contributed by atoms with van der Waals surface area (Å²) in [5, 5.41) is 3.21. The van der Waals surface area contributed by atoms with Gasteiger partial charge in [-0.2, -0.15) is 0 Å². The molecule has 4 rings (SSSR count). The molecule has 0 bridgehead atoms. The second kappa shape index (κ2) is 7.02. The number of rotatable bonds is 5. The summed E-state index contributed by atoms with van der Waals surface area (Å²) in [6, 6.07) is 10.6. The lowest BCUT2D eigenvalue weighted by Gasteiger charge is -2.22. The second-order valence-corrected chi connectivity index (χ2v) is 7.72. The Hall–Kier alpha value is -2.11. The number of anilines is 2. The van der Waals surface area contributed by atoms with Crippen molar-refractivity contribution >= 4 is 33.6 Å². The molecular weight excluding hydrogens is 330 g/mol. The summed E-state index contributed by atoms with van der Waals surface area (Å²) in [6.45, 7) is 0.573. The fourth-order valence-electron chi connectivity index (χ4n) is 3.38. The van der Waals surface area contributed by atoms with Crippen LogP contribution in [0, 0.1) is 0 Å². The summed E-state index contributed by atoms with van der Waals surface area (Å²) in [5.41, 5.74) is 9.11. The fourth-order valence-corrected chi connectivity index (χ4v) is 4.00. The van der Waals surface area contributed by atoms with Crippen molar-refractivity contribution in [2.75, 3.05) is 24.5 Å². The molecule has 0 amide bonds. The average molecular weight is 353 g/mol. The molecule has 1 aromatic carbocycles. The van der Waals surface area contributed by atoms with Gasteiger partial charge < -0.3 is 4.90 Å². The van der Waals surface area contributed by atoms with Gasteiger partial charge in [0.25, 0.3) is 0 Å². The van der Waals surface area contributed by atoms with E-state index in [1.54, 1.807) is 11.3 Å².